The van der Waals surface area contributed by atoms with Crippen LogP contribution in [0.15, 0.2) is 30.3 Å². The molecule has 3 heterocycles. The lowest BCUT2D eigenvalue weighted by Crippen LogP contribution is -2.39. The number of aliphatic hydroxyl groups is 1. The molecule has 1 aliphatic heterocycles. The van der Waals surface area contributed by atoms with E-state index >= 15 is 0 Å². The van der Waals surface area contributed by atoms with Crippen molar-refractivity contribution in [1.82, 2.24) is 14.7 Å². The minimum atomic E-state index is -0.289. The van der Waals surface area contributed by atoms with Crippen molar-refractivity contribution < 1.29 is 9.90 Å². The standard InChI is InChI=1S/C18H18ClN3O2S/c1-11-13-10-16(17(24)21-8-6-12(23)7-9-21)25-18(13)22(20-11)15-5-3-2-4-14(15)19/h2-5,10,12,23H,6-9H2,1H3. The second-order valence-corrected chi connectivity index (χ2v) is 7.74. The van der Waals surface area contributed by atoms with Crippen molar-refractivity contribution in [2.45, 2.75) is 25.9 Å². The summed E-state index contributed by atoms with van der Waals surface area (Å²) < 4.78 is 1.81. The number of thiophene rings is 1. The Hall–Kier alpha value is -1.89. The summed E-state index contributed by atoms with van der Waals surface area (Å²) in [5.74, 6) is 0.0261. The number of benzene rings is 1. The first kappa shape index (κ1) is 16.6. The number of amides is 1. The molecule has 1 fully saturated rings. The van der Waals surface area contributed by atoms with Crippen molar-refractivity contribution in [2.24, 2.45) is 0 Å². The van der Waals surface area contributed by atoms with Crippen LogP contribution in [0.2, 0.25) is 5.02 Å². The van der Waals surface area contributed by atoms with Crippen LogP contribution in [0.1, 0.15) is 28.2 Å². The van der Waals surface area contributed by atoms with Gasteiger partial charge in [-0.05, 0) is 38.0 Å². The van der Waals surface area contributed by atoms with E-state index in [1.807, 2.05) is 46.8 Å². The Kier molecular flexibility index (Phi) is 4.27. The first-order valence-electron chi connectivity index (χ1n) is 8.26. The Bertz CT molecular complexity index is 941. The number of likely N-dealkylation sites (tertiary alicyclic amines) is 1. The van der Waals surface area contributed by atoms with Crippen LogP contribution in [0.25, 0.3) is 15.9 Å². The Morgan fingerprint density at radius 2 is 2.04 bits per heavy atom. The van der Waals surface area contributed by atoms with Crippen LogP contribution in [0, 0.1) is 6.92 Å². The molecule has 0 aliphatic carbocycles. The lowest BCUT2D eigenvalue weighted by molar-refractivity contribution is 0.0551. The van der Waals surface area contributed by atoms with E-state index in [9.17, 15) is 9.90 Å². The van der Waals surface area contributed by atoms with Crippen LogP contribution in [0.3, 0.4) is 0 Å². The predicted octanol–water partition coefficient (Wildman–Crippen LogP) is 3.65. The van der Waals surface area contributed by atoms with Crippen LogP contribution in [0.5, 0.6) is 0 Å². The molecule has 0 unspecified atom stereocenters. The maximum absolute atomic E-state index is 12.8. The van der Waals surface area contributed by atoms with Crippen LogP contribution >= 0.6 is 22.9 Å². The third-order valence-corrected chi connectivity index (χ3v) is 6.01. The zero-order chi connectivity index (χ0) is 17.6. The summed E-state index contributed by atoms with van der Waals surface area (Å²) in [6.45, 7) is 3.14. The van der Waals surface area contributed by atoms with E-state index in [1.54, 1.807) is 0 Å². The molecule has 5 nitrogen and oxygen atoms in total. The van der Waals surface area contributed by atoms with Crippen LogP contribution in [-0.2, 0) is 0 Å². The maximum atomic E-state index is 12.8. The van der Waals surface area contributed by atoms with E-state index in [2.05, 4.69) is 5.10 Å². The molecule has 1 N–H and O–H groups in total. The topological polar surface area (TPSA) is 58.4 Å². The highest BCUT2D eigenvalue weighted by Gasteiger charge is 2.25. The highest BCUT2D eigenvalue weighted by atomic mass is 35.5. The van der Waals surface area contributed by atoms with Gasteiger partial charge in [0, 0.05) is 18.5 Å². The number of piperidine rings is 1. The Labute approximate surface area is 154 Å². The zero-order valence-corrected chi connectivity index (χ0v) is 15.3. The van der Waals surface area contributed by atoms with E-state index in [-0.39, 0.29) is 12.0 Å². The Morgan fingerprint density at radius 1 is 1.32 bits per heavy atom. The molecule has 0 spiro atoms. The summed E-state index contributed by atoms with van der Waals surface area (Å²) in [7, 11) is 0. The van der Waals surface area contributed by atoms with Crippen LogP contribution in [-0.4, -0.2) is 44.9 Å². The van der Waals surface area contributed by atoms with Gasteiger partial charge in [0.15, 0.2) is 0 Å². The molecule has 7 heteroatoms. The third kappa shape index (κ3) is 2.94. The monoisotopic (exact) mass is 375 g/mol. The fourth-order valence-corrected chi connectivity index (χ4v) is 4.52. The number of aryl methyl sites for hydroxylation is 1. The van der Waals surface area contributed by atoms with Gasteiger partial charge >= 0.3 is 0 Å². The second-order valence-electron chi connectivity index (χ2n) is 6.30. The summed E-state index contributed by atoms with van der Waals surface area (Å²) in [5.41, 5.74) is 1.68. The molecule has 0 radical (unpaired) electrons. The average Bonchev–Trinajstić information content (AvgIpc) is 3.16. The molecule has 25 heavy (non-hydrogen) atoms. The molecular weight excluding hydrogens is 358 g/mol. The highest BCUT2D eigenvalue weighted by molar-refractivity contribution is 7.20. The minimum Gasteiger partial charge on any atom is -0.393 e. The smallest absolute Gasteiger partial charge is 0.264 e. The van der Waals surface area contributed by atoms with E-state index in [1.165, 1.54) is 11.3 Å². The molecule has 1 saturated heterocycles. The molecular formula is C18H18ClN3O2S. The third-order valence-electron chi connectivity index (χ3n) is 4.59. The molecule has 0 bridgehead atoms. The number of rotatable bonds is 2. The average molecular weight is 376 g/mol. The molecule has 4 rings (SSSR count). The molecule has 0 saturated carbocycles. The molecule has 3 aromatic rings. The van der Waals surface area contributed by atoms with Gasteiger partial charge in [-0.2, -0.15) is 5.10 Å². The van der Waals surface area contributed by atoms with Gasteiger partial charge in [-0.25, -0.2) is 4.68 Å². The van der Waals surface area contributed by atoms with E-state index in [0.29, 0.717) is 35.8 Å². The Balaban J connectivity index is 1.73. The van der Waals surface area contributed by atoms with Crippen molar-refractivity contribution in [3.63, 3.8) is 0 Å². The number of aliphatic hydroxyl groups excluding tert-OH is 1. The number of carbonyl (C=O) groups excluding carboxylic acids is 1. The van der Waals surface area contributed by atoms with Crippen molar-refractivity contribution in [3.05, 3.63) is 45.9 Å². The van der Waals surface area contributed by atoms with Crippen LogP contribution < -0.4 is 0 Å². The SMILES string of the molecule is Cc1nn(-c2ccccc2Cl)c2sc(C(=O)N3CCC(O)CC3)cc12. The van der Waals surface area contributed by atoms with Gasteiger partial charge in [0.25, 0.3) is 5.91 Å². The molecule has 0 atom stereocenters. The Morgan fingerprint density at radius 3 is 2.76 bits per heavy atom. The van der Waals surface area contributed by atoms with Gasteiger partial charge in [0.2, 0.25) is 0 Å². The van der Waals surface area contributed by atoms with Crippen molar-refractivity contribution >= 4 is 39.1 Å². The summed E-state index contributed by atoms with van der Waals surface area (Å²) in [4.78, 5) is 16.2. The summed E-state index contributed by atoms with van der Waals surface area (Å²) in [6, 6.07) is 9.47. The normalized spacial score (nSPS) is 15.9. The summed E-state index contributed by atoms with van der Waals surface area (Å²) >= 11 is 7.76. The lowest BCUT2D eigenvalue weighted by Gasteiger charge is -2.29. The number of fused-ring (bicyclic) bond motifs is 1. The van der Waals surface area contributed by atoms with Crippen molar-refractivity contribution in [1.29, 1.82) is 0 Å². The molecule has 2 aromatic heterocycles. The number of carbonyl (C=O) groups is 1. The van der Waals surface area contributed by atoms with Gasteiger partial charge in [-0.3, -0.25) is 4.79 Å². The van der Waals surface area contributed by atoms with E-state index in [0.717, 1.165) is 21.6 Å². The van der Waals surface area contributed by atoms with Gasteiger partial charge in [0.05, 0.1) is 27.4 Å². The molecule has 1 amide bonds. The van der Waals surface area contributed by atoms with Gasteiger partial charge in [0.1, 0.15) is 4.83 Å². The number of nitrogens with zero attached hydrogens (tertiary/aromatic N) is 3. The maximum Gasteiger partial charge on any atom is 0.264 e. The van der Waals surface area contributed by atoms with E-state index in [4.69, 9.17) is 11.6 Å². The molecule has 130 valence electrons. The summed E-state index contributed by atoms with van der Waals surface area (Å²) in [6.07, 6.45) is 0.994. The highest BCUT2D eigenvalue weighted by Crippen LogP contribution is 2.33. The minimum absolute atomic E-state index is 0.0261. The number of hydrogen-bond acceptors (Lipinski definition) is 4. The van der Waals surface area contributed by atoms with Crippen molar-refractivity contribution in [3.8, 4) is 5.69 Å². The predicted molar refractivity (Wildman–Crippen MR) is 99.8 cm³/mol. The second kappa shape index (κ2) is 6.44. The first-order valence-corrected chi connectivity index (χ1v) is 9.45. The number of para-hydroxylation sites is 1. The van der Waals surface area contributed by atoms with Gasteiger partial charge in [-0.15, -0.1) is 11.3 Å². The van der Waals surface area contributed by atoms with Crippen molar-refractivity contribution in [2.75, 3.05) is 13.1 Å². The largest absolute Gasteiger partial charge is 0.393 e. The fraction of sp³-hybridized carbons (Fsp3) is 0.333. The number of aromatic nitrogens is 2. The molecule has 1 aromatic carbocycles. The zero-order valence-electron chi connectivity index (χ0n) is 13.8. The summed E-state index contributed by atoms with van der Waals surface area (Å²) in [5, 5.41) is 15.8. The van der Waals surface area contributed by atoms with Gasteiger partial charge < -0.3 is 10.0 Å². The molecule has 1 aliphatic rings. The van der Waals surface area contributed by atoms with Crippen LogP contribution in [0.4, 0.5) is 0 Å². The number of hydrogen-bond donors (Lipinski definition) is 1. The fourth-order valence-electron chi connectivity index (χ4n) is 3.16. The quantitative estimate of drug-likeness (QED) is 0.743. The number of halogens is 1. The first-order chi connectivity index (χ1) is 12.0. The van der Waals surface area contributed by atoms with E-state index < -0.39 is 0 Å². The van der Waals surface area contributed by atoms with Gasteiger partial charge in [-0.1, -0.05) is 23.7 Å². The lowest BCUT2D eigenvalue weighted by atomic mass is 10.1.